The minimum absolute atomic E-state index is 0.0594. The van der Waals surface area contributed by atoms with Crippen LogP contribution in [0.15, 0.2) is 47.4 Å². The number of hydrogen-bond acceptors (Lipinski definition) is 4. The van der Waals surface area contributed by atoms with Gasteiger partial charge in [0.2, 0.25) is 10.0 Å². The van der Waals surface area contributed by atoms with Gasteiger partial charge in [0.1, 0.15) is 0 Å². The Labute approximate surface area is 124 Å². The summed E-state index contributed by atoms with van der Waals surface area (Å²) < 4.78 is 22.8. The van der Waals surface area contributed by atoms with Gasteiger partial charge >= 0.3 is 0 Å². The fourth-order valence-electron chi connectivity index (χ4n) is 1.94. The number of nitrogens with two attached hydrogens (primary N) is 1. The molecular weight excluding hydrogens is 286 g/mol. The number of benzene rings is 2. The van der Waals surface area contributed by atoms with Crippen molar-refractivity contribution in [3.05, 3.63) is 59.2 Å². The van der Waals surface area contributed by atoms with Gasteiger partial charge in [-0.05, 0) is 36.2 Å². The highest BCUT2D eigenvalue weighted by Crippen LogP contribution is 2.20. The molecule has 21 heavy (non-hydrogen) atoms. The largest absolute Gasteiger partial charge is 0.381 e. The standard InChI is InChI=1S/C15H15N3O2S/c1-11-6-7-14(21(17,19)20)8-15(11)18-10-13-5-3-2-4-12(13)9-16/h2-8,18H,10H2,1H3,(H2,17,19,20). The van der Waals surface area contributed by atoms with E-state index in [1.165, 1.54) is 12.1 Å². The van der Waals surface area contributed by atoms with Crippen molar-refractivity contribution in [2.24, 2.45) is 5.14 Å². The van der Waals surface area contributed by atoms with E-state index in [1.54, 1.807) is 18.2 Å². The molecule has 108 valence electrons. The van der Waals surface area contributed by atoms with Crippen molar-refractivity contribution in [2.45, 2.75) is 18.4 Å². The number of aryl methyl sites for hydroxylation is 1. The molecule has 0 radical (unpaired) electrons. The molecule has 0 aliphatic carbocycles. The van der Waals surface area contributed by atoms with Crippen LogP contribution in [0.25, 0.3) is 0 Å². The SMILES string of the molecule is Cc1ccc(S(N)(=O)=O)cc1NCc1ccccc1C#N. The van der Waals surface area contributed by atoms with Crippen molar-refractivity contribution in [3.8, 4) is 6.07 Å². The van der Waals surface area contributed by atoms with Gasteiger partial charge in [-0.15, -0.1) is 0 Å². The number of nitriles is 1. The molecule has 0 fully saturated rings. The zero-order valence-corrected chi connectivity index (χ0v) is 12.3. The first-order valence-electron chi connectivity index (χ1n) is 6.27. The fraction of sp³-hybridized carbons (Fsp3) is 0.133. The summed E-state index contributed by atoms with van der Waals surface area (Å²) in [5.41, 5.74) is 3.01. The van der Waals surface area contributed by atoms with E-state index in [4.69, 9.17) is 10.4 Å². The average Bonchev–Trinajstić information content (AvgIpc) is 2.45. The lowest BCUT2D eigenvalue weighted by molar-refractivity contribution is 0.598. The lowest BCUT2D eigenvalue weighted by atomic mass is 10.1. The van der Waals surface area contributed by atoms with E-state index in [2.05, 4.69) is 11.4 Å². The van der Waals surface area contributed by atoms with Crippen LogP contribution in [0, 0.1) is 18.3 Å². The maximum atomic E-state index is 11.4. The molecule has 0 bridgehead atoms. The highest BCUT2D eigenvalue weighted by Gasteiger charge is 2.10. The zero-order valence-electron chi connectivity index (χ0n) is 11.5. The van der Waals surface area contributed by atoms with E-state index in [9.17, 15) is 8.42 Å². The monoisotopic (exact) mass is 301 g/mol. The van der Waals surface area contributed by atoms with Crippen LogP contribution in [0.2, 0.25) is 0 Å². The van der Waals surface area contributed by atoms with Gasteiger partial charge in [-0.1, -0.05) is 24.3 Å². The van der Waals surface area contributed by atoms with Gasteiger partial charge in [0.05, 0.1) is 16.5 Å². The molecule has 0 amide bonds. The number of sulfonamides is 1. The quantitative estimate of drug-likeness (QED) is 0.904. The topological polar surface area (TPSA) is 96.0 Å². The molecule has 0 aromatic heterocycles. The molecule has 0 aliphatic heterocycles. The van der Waals surface area contributed by atoms with Crippen LogP contribution in [-0.2, 0) is 16.6 Å². The summed E-state index contributed by atoms with van der Waals surface area (Å²) in [6, 6.07) is 14.0. The molecule has 0 atom stereocenters. The first-order valence-corrected chi connectivity index (χ1v) is 7.82. The minimum atomic E-state index is -3.73. The van der Waals surface area contributed by atoms with E-state index < -0.39 is 10.0 Å². The Balaban J connectivity index is 2.26. The van der Waals surface area contributed by atoms with E-state index >= 15 is 0 Å². The molecule has 2 aromatic carbocycles. The van der Waals surface area contributed by atoms with Crippen LogP contribution < -0.4 is 10.5 Å². The maximum absolute atomic E-state index is 11.4. The summed E-state index contributed by atoms with van der Waals surface area (Å²) in [5.74, 6) is 0. The molecule has 0 heterocycles. The molecule has 0 unspecified atom stereocenters. The molecule has 2 aromatic rings. The Bertz CT molecular complexity index is 808. The molecule has 2 rings (SSSR count). The van der Waals surface area contributed by atoms with Gasteiger partial charge in [0.25, 0.3) is 0 Å². The molecule has 3 N–H and O–H groups in total. The Morgan fingerprint density at radius 2 is 1.95 bits per heavy atom. The first kappa shape index (κ1) is 15.0. The normalized spacial score (nSPS) is 10.9. The first-order chi connectivity index (χ1) is 9.91. The highest BCUT2D eigenvalue weighted by atomic mass is 32.2. The second-order valence-corrected chi connectivity index (χ2v) is 6.21. The highest BCUT2D eigenvalue weighted by molar-refractivity contribution is 7.89. The Hall–Kier alpha value is -2.36. The number of nitrogens with zero attached hydrogens (tertiary/aromatic N) is 1. The molecule has 0 saturated heterocycles. The Morgan fingerprint density at radius 3 is 2.62 bits per heavy atom. The fourth-order valence-corrected chi connectivity index (χ4v) is 2.48. The second kappa shape index (κ2) is 5.95. The summed E-state index contributed by atoms with van der Waals surface area (Å²) in [4.78, 5) is 0.0594. The maximum Gasteiger partial charge on any atom is 0.238 e. The van der Waals surface area contributed by atoms with Crippen molar-refractivity contribution < 1.29 is 8.42 Å². The molecule has 5 nitrogen and oxygen atoms in total. The van der Waals surface area contributed by atoms with Crippen molar-refractivity contribution in [1.82, 2.24) is 0 Å². The van der Waals surface area contributed by atoms with E-state index in [0.717, 1.165) is 11.1 Å². The van der Waals surface area contributed by atoms with Crippen LogP contribution >= 0.6 is 0 Å². The average molecular weight is 301 g/mol. The van der Waals surface area contributed by atoms with Crippen LogP contribution in [0.4, 0.5) is 5.69 Å². The number of anilines is 1. The Kier molecular flexibility index (Phi) is 4.26. The van der Waals surface area contributed by atoms with E-state index in [-0.39, 0.29) is 4.90 Å². The van der Waals surface area contributed by atoms with Gasteiger partial charge in [-0.3, -0.25) is 0 Å². The summed E-state index contributed by atoms with van der Waals surface area (Å²) in [6.07, 6.45) is 0. The molecule has 6 heteroatoms. The van der Waals surface area contributed by atoms with Gasteiger partial charge in [0.15, 0.2) is 0 Å². The lowest BCUT2D eigenvalue weighted by Crippen LogP contribution is -2.13. The summed E-state index contributed by atoms with van der Waals surface area (Å²) in [6.45, 7) is 2.30. The predicted octanol–water partition coefficient (Wildman–Crippen LogP) is 2.13. The van der Waals surface area contributed by atoms with Crippen molar-refractivity contribution in [2.75, 3.05) is 5.32 Å². The van der Waals surface area contributed by atoms with E-state index in [1.807, 2.05) is 19.1 Å². The molecular formula is C15H15N3O2S. The van der Waals surface area contributed by atoms with Crippen molar-refractivity contribution in [3.63, 3.8) is 0 Å². The van der Waals surface area contributed by atoms with Crippen LogP contribution in [0.3, 0.4) is 0 Å². The van der Waals surface area contributed by atoms with Crippen LogP contribution in [0.1, 0.15) is 16.7 Å². The molecule has 0 saturated carbocycles. The summed E-state index contributed by atoms with van der Waals surface area (Å²) in [7, 11) is -3.73. The van der Waals surface area contributed by atoms with Crippen LogP contribution in [0.5, 0.6) is 0 Å². The van der Waals surface area contributed by atoms with Gasteiger partial charge in [0, 0.05) is 12.2 Å². The summed E-state index contributed by atoms with van der Waals surface area (Å²) in [5, 5.41) is 17.3. The van der Waals surface area contributed by atoms with Crippen molar-refractivity contribution in [1.29, 1.82) is 5.26 Å². The molecule has 0 spiro atoms. The third kappa shape index (κ3) is 3.60. The number of hydrogen-bond donors (Lipinski definition) is 2. The zero-order chi connectivity index (χ0) is 15.5. The third-order valence-electron chi connectivity index (χ3n) is 3.14. The third-order valence-corrected chi connectivity index (χ3v) is 4.06. The minimum Gasteiger partial charge on any atom is -0.381 e. The smallest absolute Gasteiger partial charge is 0.238 e. The van der Waals surface area contributed by atoms with Gasteiger partial charge in [-0.2, -0.15) is 5.26 Å². The number of nitrogens with one attached hydrogen (secondary N) is 1. The predicted molar refractivity (Wildman–Crippen MR) is 81.0 cm³/mol. The number of rotatable bonds is 4. The Morgan fingerprint density at radius 1 is 1.24 bits per heavy atom. The number of primary sulfonamides is 1. The van der Waals surface area contributed by atoms with Crippen molar-refractivity contribution >= 4 is 15.7 Å². The van der Waals surface area contributed by atoms with Gasteiger partial charge in [-0.25, -0.2) is 13.6 Å². The van der Waals surface area contributed by atoms with Crippen LogP contribution in [-0.4, -0.2) is 8.42 Å². The van der Waals surface area contributed by atoms with Gasteiger partial charge < -0.3 is 5.32 Å². The second-order valence-electron chi connectivity index (χ2n) is 4.64. The van der Waals surface area contributed by atoms with E-state index in [0.29, 0.717) is 17.8 Å². The summed E-state index contributed by atoms with van der Waals surface area (Å²) >= 11 is 0. The lowest BCUT2D eigenvalue weighted by Gasteiger charge is -2.12. The molecule has 0 aliphatic rings.